The normalized spacial score (nSPS) is 9.80. The number of carbonyl (C=O) groups is 1. The van der Waals surface area contributed by atoms with Crippen molar-refractivity contribution in [3.8, 4) is 0 Å². The molecule has 0 fully saturated rings. The Hall–Kier alpha value is -1.03. The van der Waals surface area contributed by atoms with E-state index in [2.05, 4.69) is 10.1 Å². The second-order valence-corrected chi connectivity index (χ2v) is 1.59. The molecular formula is C6H12N2O2. The van der Waals surface area contributed by atoms with Crippen LogP contribution < -0.4 is 11.1 Å². The van der Waals surface area contributed by atoms with E-state index in [-0.39, 0.29) is 0 Å². The van der Waals surface area contributed by atoms with E-state index in [1.54, 1.807) is 13.0 Å². The molecule has 10 heavy (non-hydrogen) atoms. The van der Waals surface area contributed by atoms with Crippen LogP contribution in [0.1, 0.15) is 6.92 Å². The van der Waals surface area contributed by atoms with Crippen LogP contribution in [-0.4, -0.2) is 19.2 Å². The summed E-state index contributed by atoms with van der Waals surface area (Å²) in [6, 6.07) is 0. The highest BCUT2D eigenvalue weighted by Gasteiger charge is 1.94. The Morgan fingerprint density at radius 2 is 2.50 bits per heavy atom. The Bertz CT molecular complexity index is 123. The zero-order chi connectivity index (χ0) is 7.82. The lowest BCUT2D eigenvalue weighted by Gasteiger charge is -1.99. The summed E-state index contributed by atoms with van der Waals surface area (Å²) in [6.45, 7) is 2.62. The monoisotopic (exact) mass is 144 g/mol. The maximum Gasteiger partial charge on any atom is 0.412 e. The molecule has 0 aliphatic rings. The highest BCUT2D eigenvalue weighted by molar-refractivity contribution is 5.67. The van der Waals surface area contributed by atoms with Crippen LogP contribution >= 0.6 is 0 Å². The second kappa shape index (κ2) is 6.10. The lowest BCUT2D eigenvalue weighted by atomic mass is 10.6. The van der Waals surface area contributed by atoms with E-state index in [1.807, 2.05) is 0 Å². The number of alkyl carbamates (subject to hydrolysis) is 1. The quantitative estimate of drug-likeness (QED) is 0.556. The highest BCUT2D eigenvalue weighted by atomic mass is 16.5. The molecule has 0 rings (SSSR count). The van der Waals surface area contributed by atoms with Crippen molar-refractivity contribution in [3.63, 3.8) is 0 Å². The van der Waals surface area contributed by atoms with Crippen molar-refractivity contribution in [1.29, 1.82) is 0 Å². The third kappa shape index (κ3) is 5.11. The average molecular weight is 144 g/mol. The molecule has 0 radical (unpaired) electrons. The Morgan fingerprint density at radius 3 is 3.00 bits per heavy atom. The molecule has 0 aromatic carbocycles. The van der Waals surface area contributed by atoms with Gasteiger partial charge < -0.3 is 15.8 Å². The van der Waals surface area contributed by atoms with E-state index in [0.29, 0.717) is 13.1 Å². The molecule has 0 aromatic rings. The molecule has 0 saturated heterocycles. The van der Waals surface area contributed by atoms with Crippen molar-refractivity contribution < 1.29 is 9.53 Å². The summed E-state index contributed by atoms with van der Waals surface area (Å²) in [5.41, 5.74) is 5.12. The molecule has 1 amide bonds. The number of hydrogen-bond donors (Lipinski definition) is 2. The molecule has 58 valence electrons. The van der Waals surface area contributed by atoms with Crippen LogP contribution in [0.5, 0.6) is 0 Å². The van der Waals surface area contributed by atoms with Gasteiger partial charge in [0.1, 0.15) is 0 Å². The summed E-state index contributed by atoms with van der Waals surface area (Å²) >= 11 is 0. The van der Waals surface area contributed by atoms with Gasteiger partial charge in [0.2, 0.25) is 0 Å². The van der Waals surface area contributed by atoms with E-state index in [0.717, 1.165) is 0 Å². The van der Waals surface area contributed by atoms with Gasteiger partial charge in [0, 0.05) is 13.1 Å². The van der Waals surface area contributed by atoms with Crippen molar-refractivity contribution in [2.75, 3.05) is 13.1 Å². The standard InChI is InChI=1S/C6H12N2O2/c1-2-5-10-6(9)8-4-3-7/h2,5H,3-4,7H2,1H3,(H,8,9). The topological polar surface area (TPSA) is 64.3 Å². The van der Waals surface area contributed by atoms with Gasteiger partial charge in [0.15, 0.2) is 0 Å². The molecule has 0 aromatic heterocycles. The van der Waals surface area contributed by atoms with Crippen LogP contribution in [-0.2, 0) is 4.74 Å². The van der Waals surface area contributed by atoms with Gasteiger partial charge in [-0.05, 0) is 6.92 Å². The molecule has 4 nitrogen and oxygen atoms in total. The Balaban J connectivity index is 3.25. The SMILES string of the molecule is CC=COC(=O)NCCN. The third-order valence-corrected chi connectivity index (χ3v) is 0.725. The molecule has 3 N–H and O–H groups in total. The van der Waals surface area contributed by atoms with Gasteiger partial charge in [-0.3, -0.25) is 0 Å². The predicted octanol–water partition coefficient (Wildman–Crippen LogP) is 0.205. The molecule has 0 saturated carbocycles. The van der Waals surface area contributed by atoms with Gasteiger partial charge in [-0.15, -0.1) is 0 Å². The third-order valence-electron chi connectivity index (χ3n) is 0.725. The molecule has 4 heteroatoms. The minimum Gasteiger partial charge on any atom is -0.419 e. The summed E-state index contributed by atoms with van der Waals surface area (Å²) < 4.78 is 4.51. The predicted molar refractivity (Wildman–Crippen MR) is 38.4 cm³/mol. The maximum absolute atomic E-state index is 10.5. The van der Waals surface area contributed by atoms with E-state index in [9.17, 15) is 4.79 Å². The van der Waals surface area contributed by atoms with Crippen LogP contribution in [0.2, 0.25) is 0 Å². The lowest BCUT2D eigenvalue weighted by Crippen LogP contribution is -2.28. The summed E-state index contributed by atoms with van der Waals surface area (Å²) in [5.74, 6) is 0. The van der Waals surface area contributed by atoms with E-state index >= 15 is 0 Å². The Morgan fingerprint density at radius 1 is 1.80 bits per heavy atom. The average Bonchev–Trinajstić information content (AvgIpc) is 1.97. The van der Waals surface area contributed by atoms with Crippen molar-refractivity contribution in [1.82, 2.24) is 5.32 Å². The first kappa shape index (κ1) is 8.97. The summed E-state index contributed by atoms with van der Waals surface area (Å²) in [4.78, 5) is 10.5. The number of allylic oxidation sites excluding steroid dienone is 1. The van der Waals surface area contributed by atoms with Gasteiger partial charge in [-0.1, -0.05) is 6.08 Å². The van der Waals surface area contributed by atoms with Crippen LogP contribution in [0, 0.1) is 0 Å². The van der Waals surface area contributed by atoms with Crippen molar-refractivity contribution in [2.24, 2.45) is 5.73 Å². The smallest absolute Gasteiger partial charge is 0.412 e. The Labute approximate surface area is 60.0 Å². The number of rotatable bonds is 3. The number of nitrogens with one attached hydrogen (secondary N) is 1. The van der Waals surface area contributed by atoms with Crippen molar-refractivity contribution >= 4 is 6.09 Å². The fraction of sp³-hybridized carbons (Fsp3) is 0.500. The molecule has 0 bridgehead atoms. The minimum absolute atomic E-state index is 0.422. The number of amides is 1. The first-order valence-corrected chi connectivity index (χ1v) is 3.07. The highest BCUT2D eigenvalue weighted by Crippen LogP contribution is 1.77. The molecule has 0 heterocycles. The zero-order valence-electron chi connectivity index (χ0n) is 5.96. The second-order valence-electron chi connectivity index (χ2n) is 1.59. The summed E-state index contributed by atoms with van der Waals surface area (Å²) in [5, 5.41) is 2.43. The fourth-order valence-corrected chi connectivity index (χ4v) is 0.346. The van der Waals surface area contributed by atoms with E-state index in [1.165, 1.54) is 6.26 Å². The number of carbonyl (C=O) groups excluding carboxylic acids is 1. The van der Waals surface area contributed by atoms with E-state index in [4.69, 9.17) is 5.73 Å². The first-order chi connectivity index (χ1) is 4.81. The summed E-state index contributed by atoms with van der Waals surface area (Å²) in [7, 11) is 0. The van der Waals surface area contributed by atoms with E-state index < -0.39 is 6.09 Å². The number of nitrogens with two attached hydrogens (primary N) is 1. The molecule has 0 aliphatic heterocycles. The number of ether oxygens (including phenoxy) is 1. The number of hydrogen-bond acceptors (Lipinski definition) is 3. The molecule has 0 spiro atoms. The van der Waals surface area contributed by atoms with Crippen LogP contribution in [0.4, 0.5) is 4.79 Å². The van der Waals surface area contributed by atoms with Gasteiger partial charge in [0.05, 0.1) is 6.26 Å². The molecule has 0 atom stereocenters. The summed E-state index contributed by atoms with van der Waals surface area (Å²) in [6.07, 6.45) is 2.47. The van der Waals surface area contributed by atoms with Crippen molar-refractivity contribution in [2.45, 2.75) is 6.92 Å². The van der Waals surface area contributed by atoms with Gasteiger partial charge in [-0.2, -0.15) is 0 Å². The molecular weight excluding hydrogens is 132 g/mol. The van der Waals surface area contributed by atoms with Gasteiger partial charge >= 0.3 is 6.09 Å². The van der Waals surface area contributed by atoms with Crippen molar-refractivity contribution in [3.05, 3.63) is 12.3 Å². The van der Waals surface area contributed by atoms with Crippen LogP contribution in [0.3, 0.4) is 0 Å². The Kier molecular flexibility index (Phi) is 5.47. The molecule has 0 unspecified atom stereocenters. The first-order valence-electron chi connectivity index (χ1n) is 3.07. The fourth-order valence-electron chi connectivity index (χ4n) is 0.346. The van der Waals surface area contributed by atoms with Gasteiger partial charge in [0.25, 0.3) is 0 Å². The largest absolute Gasteiger partial charge is 0.419 e. The maximum atomic E-state index is 10.5. The molecule has 0 aliphatic carbocycles. The van der Waals surface area contributed by atoms with Crippen LogP contribution in [0.25, 0.3) is 0 Å². The minimum atomic E-state index is -0.469. The lowest BCUT2D eigenvalue weighted by molar-refractivity contribution is 0.185. The zero-order valence-corrected chi connectivity index (χ0v) is 5.96. The van der Waals surface area contributed by atoms with Crippen LogP contribution in [0.15, 0.2) is 12.3 Å². The van der Waals surface area contributed by atoms with Gasteiger partial charge in [-0.25, -0.2) is 4.79 Å².